The summed E-state index contributed by atoms with van der Waals surface area (Å²) >= 11 is 0. The monoisotopic (exact) mass is 368 g/mol. The van der Waals surface area contributed by atoms with E-state index in [4.69, 9.17) is 5.73 Å². The quantitative estimate of drug-likeness (QED) is 0.601. The molecule has 0 heterocycles. The van der Waals surface area contributed by atoms with Crippen molar-refractivity contribution in [3.63, 3.8) is 0 Å². The fourth-order valence-corrected chi connectivity index (χ4v) is 3.12. The molecule has 0 aliphatic rings. The van der Waals surface area contributed by atoms with Gasteiger partial charge in [-0.05, 0) is 65.1 Å². The summed E-state index contributed by atoms with van der Waals surface area (Å²) in [5.74, 6) is 0.654. The molecule has 0 saturated heterocycles. The maximum absolute atomic E-state index is 12.2. The zero-order chi connectivity index (χ0) is 20.2. The van der Waals surface area contributed by atoms with Gasteiger partial charge in [0, 0.05) is 17.8 Å². The number of hydrogen-bond donors (Lipinski definition) is 3. The predicted octanol–water partition coefficient (Wildman–Crippen LogP) is 5.36. The van der Waals surface area contributed by atoms with Crippen molar-refractivity contribution < 1.29 is 9.90 Å². The predicted molar refractivity (Wildman–Crippen MR) is 113 cm³/mol. The van der Waals surface area contributed by atoms with Crippen LogP contribution in [-0.2, 0) is 16.6 Å². The molecule has 146 valence electrons. The molecule has 0 atom stereocenters. The molecule has 27 heavy (non-hydrogen) atoms. The minimum absolute atomic E-state index is 0.00122. The molecule has 2 aromatic carbocycles. The molecule has 4 heteroatoms. The Labute approximate surface area is 162 Å². The van der Waals surface area contributed by atoms with Gasteiger partial charge in [-0.15, -0.1) is 0 Å². The number of carbonyl (C=O) groups is 1. The first-order chi connectivity index (χ1) is 12.6. The maximum Gasteiger partial charge on any atom is 0.224 e. The van der Waals surface area contributed by atoms with E-state index >= 15 is 0 Å². The summed E-state index contributed by atoms with van der Waals surface area (Å²) in [5, 5.41) is 13.5. The van der Waals surface area contributed by atoms with Crippen LogP contribution in [0.1, 0.15) is 70.1 Å². The average Bonchev–Trinajstić information content (AvgIpc) is 2.57. The molecular formula is C23H32N2O2. The highest BCUT2D eigenvalue weighted by Gasteiger charge is 2.22. The van der Waals surface area contributed by atoms with Crippen molar-refractivity contribution in [3.05, 3.63) is 53.1 Å². The number of anilines is 2. The van der Waals surface area contributed by atoms with Crippen LogP contribution in [0, 0.1) is 0 Å². The Balaban J connectivity index is 2.03. The fraction of sp³-hybridized carbons (Fsp3) is 0.435. The number of nitrogens with one attached hydrogen (secondary N) is 1. The first-order valence-corrected chi connectivity index (χ1v) is 9.59. The second kappa shape index (κ2) is 8.47. The number of aryl methyl sites for hydroxylation is 1. The molecule has 0 radical (unpaired) electrons. The highest BCUT2D eigenvalue weighted by Crippen LogP contribution is 2.37. The Kier molecular flexibility index (Phi) is 6.53. The van der Waals surface area contributed by atoms with Crippen LogP contribution >= 0.6 is 0 Å². The van der Waals surface area contributed by atoms with Crippen molar-refractivity contribution in [1.82, 2.24) is 0 Å². The van der Waals surface area contributed by atoms with Gasteiger partial charge in [0.1, 0.15) is 5.75 Å². The number of phenols is 1. The van der Waals surface area contributed by atoms with Crippen LogP contribution in [0.15, 0.2) is 36.4 Å². The van der Waals surface area contributed by atoms with Crippen LogP contribution < -0.4 is 11.1 Å². The van der Waals surface area contributed by atoms with Gasteiger partial charge in [0.05, 0.1) is 0 Å². The Morgan fingerprint density at radius 1 is 1.15 bits per heavy atom. The summed E-state index contributed by atoms with van der Waals surface area (Å²) in [6.45, 7) is 10.5. The van der Waals surface area contributed by atoms with Crippen LogP contribution in [-0.4, -0.2) is 11.0 Å². The molecule has 4 N–H and O–H groups in total. The molecular weight excluding hydrogens is 336 g/mol. The van der Waals surface area contributed by atoms with E-state index in [1.54, 1.807) is 24.3 Å². The van der Waals surface area contributed by atoms with Crippen molar-refractivity contribution in [2.24, 2.45) is 0 Å². The Morgan fingerprint density at radius 2 is 1.78 bits per heavy atom. The third-order valence-corrected chi connectivity index (χ3v) is 4.69. The lowest BCUT2D eigenvalue weighted by atomic mass is 9.82. The third kappa shape index (κ3) is 5.75. The number of hydrogen-bond acceptors (Lipinski definition) is 3. The third-order valence-electron chi connectivity index (χ3n) is 4.69. The van der Waals surface area contributed by atoms with Gasteiger partial charge >= 0.3 is 0 Å². The van der Waals surface area contributed by atoms with Gasteiger partial charge in [-0.2, -0.15) is 0 Å². The molecule has 4 nitrogen and oxygen atoms in total. The van der Waals surface area contributed by atoms with Gasteiger partial charge in [0.15, 0.2) is 0 Å². The average molecular weight is 369 g/mol. The summed E-state index contributed by atoms with van der Waals surface area (Å²) in [6.07, 6.45) is 2.01. The molecule has 0 aliphatic heterocycles. The summed E-state index contributed by atoms with van der Waals surface area (Å²) in [4.78, 5) is 12.2. The SMILES string of the molecule is CC(C)c1cc(CCCC(=O)Nc2ccc(N)cc2)cc(C(C)(C)C)c1O. The minimum Gasteiger partial charge on any atom is -0.507 e. The molecule has 0 saturated carbocycles. The number of rotatable bonds is 6. The first-order valence-electron chi connectivity index (χ1n) is 9.59. The van der Waals surface area contributed by atoms with Crippen LogP contribution in [0.25, 0.3) is 0 Å². The Hall–Kier alpha value is -2.49. The van der Waals surface area contributed by atoms with E-state index < -0.39 is 0 Å². The van der Waals surface area contributed by atoms with Gasteiger partial charge in [-0.3, -0.25) is 4.79 Å². The Bertz CT molecular complexity index is 787. The van der Waals surface area contributed by atoms with E-state index in [1.165, 1.54) is 5.56 Å². The smallest absolute Gasteiger partial charge is 0.224 e. The second-order valence-corrected chi connectivity index (χ2v) is 8.51. The summed E-state index contributed by atoms with van der Waals surface area (Å²) in [6, 6.07) is 11.3. The number of carbonyl (C=O) groups excluding carboxylic acids is 1. The molecule has 0 unspecified atom stereocenters. The van der Waals surface area contributed by atoms with Crippen LogP contribution in [0.3, 0.4) is 0 Å². The summed E-state index contributed by atoms with van der Waals surface area (Å²) in [7, 11) is 0. The number of benzene rings is 2. The number of amides is 1. The number of phenolic OH excluding ortho intramolecular Hbond substituents is 1. The van der Waals surface area contributed by atoms with Crippen molar-refractivity contribution in [2.75, 3.05) is 11.1 Å². The molecule has 0 spiro atoms. The second-order valence-electron chi connectivity index (χ2n) is 8.51. The number of nitrogens with two attached hydrogens (primary N) is 1. The van der Waals surface area contributed by atoms with Crippen molar-refractivity contribution in [3.8, 4) is 5.75 Å². The summed E-state index contributed by atoms with van der Waals surface area (Å²) < 4.78 is 0. The molecule has 2 aromatic rings. The molecule has 0 aromatic heterocycles. The van der Waals surface area contributed by atoms with Gasteiger partial charge < -0.3 is 16.2 Å². The number of aromatic hydroxyl groups is 1. The van der Waals surface area contributed by atoms with E-state index in [9.17, 15) is 9.90 Å². The molecule has 0 aliphatic carbocycles. The van der Waals surface area contributed by atoms with E-state index in [0.717, 1.165) is 29.7 Å². The van der Waals surface area contributed by atoms with E-state index in [0.29, 0.717) is 17.9 Å². The normalized spacial score (nSPS) is 11.6. The number of nitrogen functional groups attached to an aromatic ring is 1. The lowest BCUT2D eigenvalue weighted by Gasteiger charge is -2.24. The molecule has 2 rings (SSSR count). The highest BCUT2D eigenvalue weighted by atomic mass is 16.3. The van der Waals surface area contributed by atoms with Crippen molar-refractivity contribution in [2.45, 2.75) is 65.2 Å². The lowest BCUT2D eigenvalue weighted by molar-refractivity contribution is -0.116. The van der Waals surface area contributed by atoms with Crippen LogP contribution in [0.4, 0.5) is 11.4 Å². The van der Waals surface area contributed by atoms with Crippen molar-refractivity contribution in [1.29, 1.82) is 0 Å². The standard InChI is InChI=1S/C23H32N2O2/c1-15(2)19-13-16(14-20(22(19)27)23(3,4)5)7-6-8-21(26)25-18-11-9-17(24)10-12-18/h9-15,27H,6-8,24H2,1-5H3,(H,25,26). The van der Waals surface area contributed by atoms with Crippen LogP contribution in [0.2, 0.25) is 0 Å². The lowest BCUT2D eigenvalue weighted by Crippen LogP contribution is -2.14. The highest BCUT2D eigenvalue weighted by molar-refractivity contribution is 5.90. The van der Waals surface area contributed by atoms with E-state index in [2.05, 4.69) is 52.1 Å². The molecule has 0 fully saturated rings. The van der Waals surface area contributed by atoms with E-state index in [1.807, 2.05) is 0 Å². The molecule has 0 bridgehead atoms. The van der Waals surface area contributed by atoms with Crippen molar-refractivity contribution >= 4 is 17.3 Å². The van der Waals surface area contributed by atoms with Gasteiger partial charge in [0.25, 0.3) is 0 Å². The summed E-state index contributed by atoms with van der Waals surface area (Å²) in [5.41, 5.74) is 10.1. The van der Waals surface area contributed by atoms with Gasteiger partial charge in [-0.25, -0.2) is 0 Å². The fourth-order valence-electron chi connectivity index (χ4n) is 3.12. The Morgan fingerprint density at radius 3 is 2.33 bits per heavy atom. The zero-order valence-electron chi connectivity index (χ0n) is 17.1. The largest absolute Gasteiger partial charge is 0.507 e. The van der Waals surface area contributed by atoms with Crippen LogP contribution in [0.5, 0.6) is 5.75 Å². The van der Waals surface area contributed by atoms with Gasteiger partial charge in [0.2, 0.25) is 5.91 Å². The van der Waals surface area contributed by atoms with E-state index in [-0.39, 0.29) is 17.2 Å². The minimum atomic E-state index is -0.129. The maximum atomic E-state index is 12.2. The van der Waals surface area contributed by atoms with Gasteiger partial charge in [-0.1, -0.05) is 46.8 Å². The molecule has 1 amide bonds. The zero-order valence-corrected chi connectivity index (χ0v) is 17.1. The topological polar surface area (TPSA) is 75.4 Å². The first kappa shape index (κ1) is 20.8.